The molecule has 98 valence electrons. The van der Waals surface area contributed by atoms with Crippen LogP contribution in [-0.4, -0.2) is 28.6 Å². The number of amides is 1. The molecular weight excluding hydrogens is 232 g/mol. The van der Waals surface area contributed by atoms with Crippen molar-refractivity contribution < 1.29 is 9.90 Å². The van der Waals surface area contributed by atoms with Crippen LogP contribution in [0.1, 0.15) is 35.3 Å². The number of rotatable bonds is 3. The Kier molecular flexibility index (Phi) is 3.81. The number of hydrogen-bond donors (Lipinski definition) is 3. The van der Waals surface area contributed by atoms with Crippen molar-refractivity contribution in [1.82, 2.24) is 10.3 Å². The molecule has 1 aromatic rings. The second-order valence-corrected chi connectivity index (χ2v) is 4.94. The number of H-pyrrole nitrogens is 1. The molecule has 0 saturated heterocycles. The first-order valence-corrected chi connectivity index (χ1v) is 6.22. The number of aryl methyl sites for hydroxylation is 1. The van der Waals surface area contributed by atoms with Gasteiger partial charge in [0.25, 0.3) is 5.91 Å². The molecule has 1 fully saturated rings. The number of pyridine rings is 1. The molecule has 1 heterocycles. The number of aromatic amines is 1. The quantitative estimate of drug-likeness (QED) is 0.733. The van der Waals surface area contributed by atoms with Crippen LogP contribution in [0, 0.1) is 12.8 Å². The summed E-state index contributed by atoms with van der Waals surface area (Å²) in [6.45, 7) is 2.28. The summed E-state index contributed by atoms with van der Waals surface area (Å²) in [5.74, 6) is -0.0360. The van der Waals surface area contributed by atoms with Gasteiger partial charge in [0, 0.05) is 24.5 Å². The summed E-state index contributed by atoms with van der Waals surface area (Å²) in [4.78, 5) is 26.3. The fourth-order valence-corrected chi connectivity index (χ4v) is 2.32. The molecule has 2 rings (SSSR count). The molecule has 1 aliphatic rings. The van der Waals surface area contributed by atoms with E-state index in [4.69, 9.17) is 0 Å². The normalized spacial score (nSPS) is 23.0. The van der Waals surface area contributed by atoms with E-state index in [2.05, 4.69) is 10.3 Å². The zero-order chi connectivity index (χ0) is 13.1. The van der Waals surface area contributed by atoms with E-state index in [1.54, 1.807) is 6.92 Å². The van der Waals surface area contributed by atoms with Gasteiger partial charge in [0.1, 0.15) is 5.56 Å². The van der Waals surface area contributed by atoms with E-state index in [9.17, 15) is 14.7 Å². The van der Waals surface area contributed by atoms with Gasteiger partial charge in [0.15, 0.2) is 5.43 Å². The van der Waals surface area contributed by atoms with Crippen molar-refractivity contribution in [2.24, 2.45) is 5.92 Å². The van der Waals surface area contributed by atoms with Crippen LogP contribution in [0.4, 0.5) is 0 Å². The maximum Gasteiger partial charge on any atom is 0.256 e. The van der Waals surface area contributed by atoms with Crippen LogP contribution in [0.15, 0.2) is 17.1 Å². The van der Waals surface area contributed by atoms with E-state index in [1.165, 1.54) is 12.3 Å². The van der Waals surface area contributed by atoms with Crippen molar-refractivity contribution in [3.8, 4) is 0 Å². The third-order valence-corrected chi connectivity index (χ3v) is 3.37. The molecule has 18 heavy (non-hydrogen) atoms. The van der Waals surface area contributed by atoms with Crippen LogP contribution in [0.2, 0.25) is 0 Å². The molecule has 2 atom stereocenters. The molecule has 3 N–H and O–H groups in total. The summed E-state index contributed by atoms with van der Waals surface area (Å²) < 4.78 is 0. The van der Waals surface area contributed by atoms with Crippen LogP contribution < -0.4 is 10.7 Å². The van der Waals surface area contributed by atoms with E-state index in [0.717, 1.165) is 25.0 Å². The lowest BCUT2D eigenvalue weighted by Gasteiger charge is -2.10. The van der Waals surface area contributed by atoms with E-state index in [1.807, 2.05) is 0 Å². The highest BCUT2D eigenvalue weighted by Gasteiger charge is 2.23. The average Bonchev–Trinajstić information content (AvgIpc) is 2.72. The fraction of sp³-hybridized carbons (Fsp3) is 0.538. The highest BCUT2D eigenvalue weighted by atomic mass is 16.3. The topological polar surface area (TPSA) is 82.2 Å². The van der Waals surface area contributed by atoms with Crippen LogP contribution in [-0.2, 0) is 0 Å². The molecule has 1 amide bonds. The van der Waals surface area contributed by atoms with Gasteiger partial charge < -0.3 is 15.4 Å². The highest BCUT2D eigenvalue weighted by Crippen LogP contribution is 2.24. The molecule has 1 aliphatic carbocycles. The smallest absolute Gasteiger partial charge is 0.256 e. The lowest BCUT2D eigenvalue weighted by atomic mass is 10.1. The molecule has 2 unspecified atom stereocenters. The molecule has 0 aromatic carbocycles. The van der Waals surface area contributed by atoms with Crippen molar-refractivity contribution in [3.05, 3.63) is 33.7 Å². The molecule has 1 saturated carbocycles. The van der Waals surface area contributed by atoms with Gasteiger partial charge in [-0.1, -0.05) is 0 Å². The van der Waals surface area contributed by atoms with Crippen molar-refractivity contribution in [2.75, 3.05) is 6.54 Å². The first-order chi connectivity index (χ1) is 8.56. The van der Waals surface area contributed by atoms with Crippen molar-refractivity contribution in [1.29, 1.82) is 0 Å². The summed E-state index contributed by atoms with van der Waals surface area (Å²) in [6.07, 6.45) is 3.65. The zero-order valence-corrected chi connectivity index (χ0v) is 10.4. The van der Waals surface area contributed by atoms with Crippen molar-refractivity contribution >= 4 is 5.91 Å². The lowest BCUT2D eigenvalue weighted by molar-refractivity contribution is 0.0943. The lowest BCUT2D eigenvalue weighted by Crippen LogP contribution is -2.32. The molecule has 0 aliphatic heterocycles. The number of aliphatic hydroxyl groups is 1. The number of nitrogens with one attached hydrogen (secondary N) is 2. The van der Waals surface area contributed by atoms with Gasteiger partial charge in [-0.2, -0.15) is 0 Å². The van der Waals surface area contributed by atoms with Gasteiger partial charge in [-0.05, 0) is 32.1 Å². The van der Waals surface area contributed by atoms with Gasteiger partial charge in [-0.15, -0.1) is 0 Å². The van der Waals surface area contributed by atoms with Crippen LogP contribution in [0.3, 0.4) is 0 Å². The van der Waals surface area contributed by atoms with E-state index in [0.29, 0.717) is 12.5 Å². The monoisotopic (exact) mass is 250 g/mol. The molecular formula is C13H18N2O3. The number of hydrogen-bond acceptors (Lipinski definition) is 3. The molecule has 0 spiro atoms. The summed E-state index contributed by atoms with van der Waals surface area (Å²) in [5, 5.41) is 12.1. The van der Waals surface area contributed by atoms with Gasteiger partial charge in [0.05, 0.1) is 6.10 Å². The zero-order valence-electron chi connectivity index (χ0n) is 10.4. The summed E-state index contributed by atoms with van der Waals surface area (Å²) >= 11 is 0. The van der Waals surface area contributed by atoms with Gasteiger partial charge in [0.2, 0.25) is 0 Å². The minimum absolute atomic E-state index is 0.138. The minimum Gasteiger partial charge on any atom is -0.393 e. The molecule has 0 radical (unpaired) electrons. The predicted molar refractivity (Wildman–Crippen MR) is 67.5 cm³/mol. The van der Waals surface area contributed by atoms with Crippen LogP contribution >= 0.6 is 0 Å². The fourth-order valence-electron chi connectivity index (χ4n) is 2.32. The maximum absolute atomic E-state index is 11.8. The number of aromatic nitrogens is 1. The predicted octanol–water partition coefficient (Wildman–Crippen LogP) is 0.574. The van der Waals surface area contributed by atoms with Gasteiger partial charge >= 0.3 is 0 Å². The van der Waals surface area contributed by atoms with Gasteiger partial charge in [-0.3, -0.25) is 9.59 Å². The SMILES string of the molecule is Cc1cc(=O)c(C(=O)NCC2CCC(O)C2)c[nH]1. The number of carbonyl (C=O) groups excluding carboxylic acids is 1. The minimum atomic E-state index is -0.349. The summed E-state index contributed by atoms with van der Waals surface area (Å²) in [7, 11) is 0. The molecule has 0 bridgehead atoms. The average molecular weight is 250 g/mol. The second-order valence-electron chi connectivity index (χ2n) is 4.94. The summed E-state index contributed by atoms with van der Waals surface area (Å²) in [5.41, 5.74) is 0.602. The van der Waals surface area contributed by atoms with E-state index >= 15 is 0 Å². The van der Waals surface area contributed by atoms with Crippen LogP contribution in [0.5, 0.6) is 0 Å². The standard InChI is InChI=1S/C13H18N2O3/c1-8-4-12(17)11(7-14-8)13(18)15-6-9-2-3-10(16)5-9/h4,7,9-10,16H,2-3,5-6H2,1H3,(H,14,17)(H,15,18). The van der Waals surface area contributed by atoms with E-state index < -0.39 is 0 Å². The second kappa shape index (κ2) is 5.35. The Bertz CT molecular complexity index is 495. The van der Waals surface area contributed by atoms with E-state index in [-0.39, 0.29) is 23.0 Å². The van der Waals surface area contributed by atoms with Crippen molar-refractivity contribution in [2.45, 2.75) is 32.3 Å². The number of carbonyl (C=O) groups is 1. The largest absolute Gasteiger partial charge is 0.393 e. The Hall–Kier alpha value is -1.62. The Morgan fingerprint density at radius 1 is 1.56 bits per heavy atom. The Balaban J connectivity index is 1.93. The van der Waals surface area contributed by atoms with Gasteiger partial charge in [-0.25, -0.2) is 0 Å². The third kappa shape index (κ3) is 2.98. The highest BCUT2D eigenvalue weighted by molar-refractivity contribution is 5.93. The Morgan fingerprint density at radius 3 is 2.94 bits per heavy atom. The first-order valence-electron chi connectivity index (χ1n) is 6.22. The molecule has 1 aromatic heterocycles. The molecule has 5 nitrogen and oxygen atoms in total. The van der Waals surface area contributed by atoms with Crippen molar-refractivity contribution in [3.63, 3.8) is 0 Å². The molecule has 5 heteroatoms. The van der Waals surface area contributed by atoms with Crippen LogP contribution in [0.25, 0.3) is 0 Å². The maximum atomic E-state index is 11.8. The summed E-state index contributed by atoms with van der Waals surface area (Å²) in [6, 6.07) is 1.41. The Morgan fingerprint density at radius 2 is 2.33 bits per heavy atom. The Labute approximate surface area is 105 Å². The third-order valence-electron chi connectivity index (χ3n) is 3.37. The first kappa shape index (κ1) is 12.8. The number of aliphatic hydroxyl groups excluding tert-OH is 1.